The van der Waals surface area contributed by atoms with Crippen molar-refractivity contribution in [2.24, 2.45) is 34.1 Å². The zero-order valence-corrected chi connectivity index (χ0v) is 56.5. The Morgan fingerprint density at radius 2 is 0.674 bits per heavy atom. The van der Waals surface area contributed by atoms with Gasteiger partial charge >= 0.3 is 0 Å². The first-order valence-electron chi connectivity index (χ1n) is 39.8. The zero-order valence-electron chi connectivity index (χ0n) is 72.5. The van der Waals surface area contributed by atoms with E-state index in [0.717, 1.165) is 78.4 Å². The molecule has 0 fully saturated rings. The molecule has 8 aromatic carbocycles. The Kier molecular flexibility index (Phi) is 17.0. The minimum atomic E-state index is -2.63. The normalized spacial score (nSPS) is 16.5. The fourth-order valence-electron chi connectivity index (χ4n) is 11.7. The fourth-order valence-corrected chi connectivity index (χ4v) is 11.7. The van der Waals surface area contributed by atoms with E-state index in [1.165, 1.54) is 73.7 Å². The van der Waals surface area contributed by atoms with Gasteiger partial charge in [0.25, 0.3) is 0 Å². The van der Waals surface area contributed by atoms with Gasteiger partial charge in [-0.25, -0.2) is 27.0 Å². The lowest BCUT2D eigenvalue weighted by Gasteiger charge is -2.10. The smallest absolute Gasteiger partial charge is 0.207 e. The van der Waals surface area contributed by atoms with Gasteiger partial charge in [0, 0.05) is 90.7 Å². The van der Waals surface area contributed by atoms with E-state index in [2.05, 4.69) is 110 Å². The number of pyridine rings is 4. The van der Waals surface area contributed by atoms with Gasteiger partial charge in [0.2, 0.25) is 22.8 Å². The third kappa shape index (κ3) is 17.5. The number of aryl methyl sites for hydroxylation is 8. The van der Waals surface area contributed by atoms with Crippen LogP contribution >= 0.6 is 0 Å². The van der Waals surface area contributed by atoms with Gasteiger partial charge in [-0.05, 0) is 197 Å². The molecular formula is C89H96F2N4+4. The summed E-state index contributed by atoms with van der Waals surface area (Å²) >= 11 is 0. The van der Waals surface area contributed by atoms with Crippen molar-refractivity contribution >= 4 is 0 Å². The van der Waals surface area contributed by atoms with Crippen LogP contribution in [0.4, 0.5) is 8.78 Å². The summed E-state index contributed by atoms with van der Waals surface area (Å²) in [6.45, 7) is 3.88. The average molecular weight is 1280 g/mol. The first kappa shape index (κ1) is 50.7. The second kappa shape index (κ2) is 31.9. The number of aromatic nitrogens is 4. The maximum absolute atomic E-state index is 14.3. The molecule has 0 saturated carbocycles. The summed E-state index contributed by atoms with van der Waals surface area (Å²) in [5, 5.41) is 0. The summed E-state index contributed by atoms with van der Waals surface area (Å²) in [4.78, 5) is 0. The lowest BCUT2D eigenvalue weighted by molar-refractivity contribution is -0.660. The van der Waals surface area contributed by atoms with Gasteiger partial charge in [-0.2, -0.15) is 0 Å². The number of nitrogens with zero attached hydrogens (tertiary/aromatic N) is 4. The molecule has 4 atom stereocenters. The summed E-state index contributed by atoms with van der Waals surface area (Å²) in [5.74, 6) is -8.23. The predicted molar refractivity (Wildman–Crippen MR) is 394 cm³/mol. The summed E-state index contributed by atoms with van der Waals surface area (Å²) in [7, 11) is 7.93. The van der Waals surface area contributed by atoms with Gasteiger partial charge in [0.15, 0.2) is 24.8 Å². The summed E-state index contributed by atoms with van der Waals surface area (Å²) in [5.41, 5.74) is 22.0. The molecule has 0 aliphatic carbocycles. The van der Waals surface area contributed by atoms with Crippen molar-refractivity contribution < 1.29 is 49.0 Å². The molecule has 95 heavy (non-hydrogen) atoms. The second-order valence-corrected chi connectivity index (χ2v) is 24.4. The van der Waals surface area contributed by atoms with E-state index >= 15 is 0 Å². The maximum atomic E-state index is 14.3. The van der Waals surface area contributed by atoms with Crippen molar-refractivity contribution in [1.82, 2.24) is 0 Å². The highest BCUT2D eigenvalue weighted by Crippen LogP contribution is 2.32. The molecule has 0 bridgehead atoms. The van der Waals surface area contributed by atoms with E-state index < -0.39 is 62.6 Å². The van der Waals surface area contributed by atoms with Gasteiger partial charge < -0.3 is 0 Å². The Morgan fingerprint density at radius 1 is 0.326 bits per heavy atom. The van der Waals surface area contributed by atoms with Gasteiger partial charge in [0.05, 0.1) is 0 Å². The molecule has 0 amide bonds. The van der Waals surface area contributed by atoms with Gasteiger partial charge in [0.1, 0.15) is 39.8 Å². The molecule has 6 heteroatoms. The van der Waals surface area contributed by atoms with E-state index in [9.17, 15) is 8.78 Å². The number of benzene rings is 8. The Hall–Kier alpha value is -9.78. The van der Waals surface area contributed by atoms with Crippen LogP contribution in [-0.2, 0) is 34.6 Å². The predicted octanol–water partition coefficient (Wildman–Crippen LogP) is 21.5. The van der Waals surface area contributed by atoms with Crippen LogP contribution in [0.2, 0.25) is 0 Å². The lowest BCUT2D eigenvalue weighted by Crippen LogP contribution is -2.30. The summed E-state index contributed by atoms with van der Waals surface area (Å²) < 4.78 is 161. The molecule has 482 valence electrons. The van der Waals surface area contributed by atoms with Crippen molar-refractivity contribution in [3.05, 3.63) is 311 Å². The SMILES string of the molecule is [2H]C([2H])([2H])C([2H])(C)Cc1cc(-c2ccc(-c3ccccc3C)[n+](C)c2)ccc1F.[2H]C([2H])([2H])C([2H])(C)c1cc(-c2ccc(-c3ccccc3C)[n+](C)c2)ccc1F.[2H]C([2H])([2H])C([2H])(C)c1ccc(-c2ccc(-c3ccccc3C)[n+](C)c2)cc1.[2H]C([2H])([2H])C([2H])(C)c1cccc(-c2ccc(-c3ccccc3C)[n+](C)c2)c1. The monoisotopic (exact) mass is 1270 g/mol. The van der Waals surface area contributed by atoms with E-state index in [-0.39, 0.29) is 17.5 Å². The van der Waals surface area contributed by atoms with Crippen LogP contribution in [0.3, 0.4) is 0 Å². The van der Waals surface area contributed by atoms with Crippen LogP contribution in [0.1, 0.15) is 139 Å². The topological polar surface area (TPSA) is 15.5 Å². The standard InChI is InChI=1S/C23H25FN.C22H23FN.2C22H24N/c1-16(2)13-20-14-18(9-11-22(20)24)19-10-12-23(25(4)15-19)21-8-6-5-7-17(21)3;1-15(2)20-13-17(9-11-21(20)23)18-10-12-22(24(4)14-18)19-8-6-5-7-16(19)3;1-16(2)18-9-7-10-19(14-18)20-12-13-22(23(4)15-20)21-11-6-5-8-17(21)3;1-16(2)18-9-11-19(12-10-18)20-13-14-22(23(4)15-20)21-8-6-5-7-17(21)3/h5-12,14-16H,13H2,1-4H3;5-15H,1-4H3;2*5-16H,1-4H3/q4*+1/i1D3,16D;1D3,15D;2*1D3,16D. The molecule has 0 spiro atoms. The molecule has 12 rings (SSSR count). The molecule has 4 heterocycles. The third-order valence-electron chi connectivity index (χ3n) is 17.0. The quantitative estimate of drug-likeness (QED) is 0.102. The first-order valence-corrected chi connectivity index (χ1v) is 31.8. The molecule has 0 aliphatic rings. The van der Waals surface area contributed by atoms with E-state index in [1.807, 2.05) is 165 Å². The number of rotatable bonds is 13. The van der Waals surface area contributed by atoms with Crippen LogP contribution in [0.15, 0.2) is 255 Å². The molecular weight excluding hydrogens is 1160 g/mol. The summed E-state index contributed by atoms with van der Waals surface area (Å²) in [6, 6.07) is 72.5. The van der Waals surface area contributed by atoms with Crippen LogP contribution in [0.5, 0.6) is 0 Å². The van der Waals surface area contributed by atoms with Crippen molar-refractivity contribution in [2.75, 3.05) is 0 Å². The van der Waals surface area contributed by atoms with Gasteiger partial charge in [-0.15, -0.1) is 0 Å². The highest BCUT2D eigenvalue weighted by molar-refractivity contribution is 5.71. The van der Waals surface area contributed by atoms with E-state index in [4.69, 9.17) is 21.9 Å². The minimum absolute atomic E-state index is 0.129. The van der Waals surface area contributed by atoms with E-state index in [0.29, 0.717) is 16.7 Å². The Bertz CT molecular complexity index is 5310. The molecule has 4 unspecified atom stereocenters. The van der Waals surface area contributed by atoms with Crippen LogP contribution in [0, 0.1) is 45.2 Å². The maximum Gasteiger partial charge on any atom is 0.212 e. The second-order valence-electron chi connectivity index (χ2n) is 24.4. The molecule has 4 aromatic heterocycles. The molecule has 4 nitrogen and oxygen atoms in total. The molecule has 12 aromatic rings. The highest BCUT2D eigenvalue weighted by atomic mass is 19.1. The lowest BCUT2D eigenvalue weighted by atomic mass is 9.97. The Labute approximate surface area is 588 Å². The van der Waals surface area contributed by atoms with Gasteiger partial charge in [-0.3, -0.25) is 0 Å². The number of halogens is 2. The first-order chi connectivity index (χ1) is 51.7. The van der Waals surface area contributed by atoms with Crippen LogP contribution in [-0.4, -0.2) is 0 Å². The Morgan fingerprint density at radius 3 is 1.06 bits per heavy atom. The van der Waals surface area contributed by atoms with Crippen LogP contribution < -0.4 is 18.3 Å². The number of hydrogen-bond acceptors (Lipinski definition) is 0. The van der Waals surface area contributed by atoms with E-state index in [1.54, 1.807) is 36.4 Å². The average Bonchev–Trinajstić information content (AvgIpc) is 0.775. The fraction of sp³-hybridized carbons (Fsp3) is 0.236. The van der Waals surface area contributed by atoms with Crippen molar-refractivity contribution in [1.29, 1.82) is 0 Å². The Balaban J connectivity index is 0.000000170. The van der Waals surface area contributed by atoms with Crippen molar-refractivity contribution in [3.63, 3.8) is 0 Å². The molecule has 0 aliphatic heterocycles. The zero-order chi connectivity index (χ0) is 81.7. The molecule has 0 radical (unpaired) electrons. The minimum Gasteiger partial charge on any atom is -0.207 e. The van der Waals surface area contributed by atoms with Crippen LogP contribution in [0.25, 0.3) is 89.5 Å². The highest BCUT2D eigenvalue weighted by Gasteiger charge is 2.20. The van der Waals surface area contributed by atoms with Gasteiger partial charge in [-0.1, -0.05) is 189 Å². The molecule has 0 saturated heterocycles. The van der Waals surface area contributed by atoms with Crippen molar-refractivity contribution in [3.8, 4) is 89.5 Å². The third-order valence-corrected chi connectivity index (χ3v) is 17.0. The van der Waals surface area contributed by atoms with Crippen molar-refractivity contribution in [2.45, 2.75) is 107 Å². The molecule has 0 N–H and O–H groups in total. The summed E-state index contributed by atoms with van der Waals surface area (Å²) in [6.07, 6.45) is 7.83. The number of hydrogen-bond donors (Lipinski definition) is 0. The largest absolute Gasteiger partial charge is 0.212 e.